The number of nitrogens with zero attached hydrogens (tertiary/aromatic N) is 6. The van der Waals surface area contributed by atoms with Crippen LogP contribution in [-0.4, -0.2) is 42.9 Å². The number of anilines is 1. The Morgan fingerprint density at radius 3 is 3.00 bits per heavy atom. The third kappa shape index (κ3) is 3.88. The number of pyridine rings is 1. The lowest BCUT2D eigenvalue weighted by Gasteiger charge is -2.19. The Balaban J connectivity index is 1.41. The molecule has 2 amide bonds. The summed E-state index contributed by atoms with van der Waals surface area (Å²) in [5, 5.41) is 11.4. The minimum absolute atomic E-state index is 0.199. The molecule has 1 aliphatic rings. The van der Waals surface area contributed by atoms with E-state index in [1.165, 1.54) is 17.7 Å². The van der Waals surface area contributed by atoms with Gasteiger partial charge in [-0.2, -0.15) is 10.1 Å². The highest BCUT2D eigenvalue weighted by atomic mass is 16.5. The summed E-state index contributed by atoms with van der Waals surface area (Å²) in [5.74, 6) is 2.14. The Morgan fingerprint density at radius 2 is 2.29 bits per heavy atom. The summed E-state index contributed by atoms with van der Waals surface area (Å²) in [4.78, 5) is 22.5. The molecule has 0 aliphatic heterocycles. The molecule has 3 aromatic rings. The predicted octanol–water partition coefficient (Wildman–Crippen LogP) is 3.27. The van der Waals surface area contributed by atoms with Crippen molar-refractivity contribution in [1.82, 2.24) is 29.8 Å². The van der Waals surface area contributed by atoms with E-state index in [2.05, 4.69) is 32.5 Å². The normalized spacial score (nSPS) is 14.7. The summed E-state index contributed by atoms with van der Waals surface area (Å²) >= 11 is 0. The minimum Gasteiger partial charge on any atom is -0.337 e. The first-order valence-electron chi connectivity index (χ1n) is 9.32. The molecular weight excluding hydrogens is 358 g/mol. The summed E-state index contributed by atoms with van der Waals surface area (Å²) in [6.45, 7) is 4.26. The van der Waals surface area contributed by atoms with Crippen molar-refractivity contribution in [1.29, 1.82) is 0 Å². The van der Waals surface area contributed by atoms with E-state index in [0.717, 1.165) is 11.3 Å². The van der Waals surface area contributed by atoms with E-state index in [0.29, 0.717) is 23.5 Å². The Bertz CT molecular complexity index is 962. The second kappa shape index (κ2) is 7.41. The summed E-state index contributed by atoms with van der Waals surface area (Å²) in [6.07, 6.45) is 5.77. The molecular formula is C19H23N7O2. The van der Waals surface area contributed by atoms with Crippen molar-refractivity contribution in [3.8, 4) is 11.4 Å². The van der Waals surface area contributed by atoms with E-state index >= 15 is 0 Å². The van der Waals surface area contributed by atoms with Gasteiger partial charge in [-0.15, -0.1) is 0 Å². The molecule has 0 aromatic carbocycles. The Morgan fingerprint density at radius 1 is 1.46 bits per heavy atom. The van der Waals surface area contributed by atoms with Crippen LogP contribution in [0.4, 0.5) is 10.6 Å². The van der Waals surface area contributed by atoms with Crippen molar-refractivity contribution in [3.63, 3.8) is 0 Å². The maximum absolute atomic E-state index is 12.6. The van der Waals surface area contributed by atoms with Gasteiger partial charge in [0.1, 0.15) is 12.4 Å². The largest absolute Gasteiger partial charge is 0.337 e. The molecule has 1 atom stereocenters. The average molecular weight is 381 g/mol. The van der Waals surface area contributed by atoms with Gasteiger partial charge in [-0.25, -0.2) is 9.48 Å². The number of amides is 2. The average Bonchev–Trinajstić information content (AvgIpc) is 3.34. The van der Waals surface area contributed by atoms with Gasteiger partial charge in [0.05, 0.1) is 11.7 Å². The summed E-state index contributed by atoms with van der Waals surface area (Å²) < 4.78 is 7.18. The van der Waals surface area contributed by atoms with E-state index in [9.17, 15) is 4.79 Å². The van der Waals surface area contributed by atoms with Crippen molar-refractivity contribution < 1.29 is 9.32 Å². The van der Waals surface area contributed by atoms with Gasteiger partial charge < -0.3 is 9.42 Å². The van der Waals surface area contributed by atoms with Crippen molar-refractivity contribution in [2.24, 2.45) is 5.92 Å². The molecule has 0 unspecified atom stereocenters. The van der Waals surface area contributed by atoms with E-state index < -0.39 is 0 Å². The van der Waals surface area contributed by atoms with Gasteiger partial charge in [0, 0.05) is 31.1 Å². The molecule has 0 radical (unpaired) electrons. The molecule has 146 valence electrons. The van der Waals surface area contributed by atoms with Gasteiger partial charge in [-0.1, -0.05) is 5.16 Å². The fourth-order valence-electron chi connectivity index (χ4n) is 3.11. The van der Waals surface area contributed by atoms with Crippen molar-refractivity contribution >= 4 is 11.8 Å². The van der Waals surface area contributed by atoms with Crippen LogP contribution in [-0.2, 0) is 6.54 Å². The van der Waals surface area contributed by atoms with Crippen LogP contribution in [0.1, 0.15) is 37.4 Å². The first-order chi connectivity index (χ1) is 13.5. The first kappa shape index (κ1) is 18.1. The molecule has 1 saturated carbocycles. The lowest BCUT2D eigenvalue weighted by Crippen LogP contribution is -2.32. The van der Waals surface area contributed by atoms with Crippen LogP contribution in [0, 0.1) is 12.8 Å². The van der Waals surface area contributed by atoms with Crippen molar-refractivity contribution in [2.75, 3.05) is 12.4 Å². The number of aromatic nitrogens is 5. The maximum atomic E-state index is 12.6. The monoisotopic (exact) mass is 381 g/mol. The Hall–Kier alpha value is -3.23. The standard InChI is InChI=1S/C19H23N7O2/c1-12-9-16(26(23-12)13(2)14-6-7-14)21-19(27)25(3)11-17-22-18(24-28-17)15-5-4-8-20-10-15/h4-5,8-10,13-14H,6-7,11H2,1-3H3,(H,21,27)/t13-/m1/s1. The molecule has 4 rings (SSSR count). The molecule has 28 heavy (non-hydrogen) atoms. The molecule has 1 aliphatic carbocycles. The van der Waals surface area contributed by atoms with Crippen LogP contribution in [0.25, 0.3) is 11.4 Å². The SMILES string of the molecule is Cc1cc(NC(=O)N(C)Cc2nc(-c3cccnc3)no2)n([C@H](C)C2CC2)n1. The van der Waals surface area contributed by atoms with Crippen LogP contribution >= 0.6 is 0 Å². The van der Waals surface area contributed by atoms with Crippen LogP contribution in [0.2, 0.25) is 0 Å². The topological polar surface area (TPSA) is 102 Å². The molecule has 1 N–H and O–H groups in total. The van der Waals surface area contributed by atoms with Gasteiger partial charge in [-0.3, -0.25) is 10.3 Å². The third-order valence-corrected chi connectivity index (χ3v) is 4.89. The quantitative estimate of drug-likeness (QED) is 0.703. The number of rotatable bonds is 6. The molecule has 0 saturated heterocycles. The number of aryl methyl sites for hydroxylation is 1. The lowest BCUT2D eigenvalue weighted by atomic mass is 10.2. The summed E-state index contributed by atoms with van der Waals surface area (Å²) in [6, 6.07) is 5.55. The van der Waals surface area contributed by atoms with Gasteiger partial charge in [0.15, 0.2) is 0 Å². The molecule has 9 nitrogen and oxygen atoms in total. The van der Waals surface area contributed by atoms with E-state index in [1.54, 1.807) is 25.5 Å². The fourth-order valence-corrected chi connectivity index (χ4v) is 3.11. The molecule has 0 bridgehead atoms. The second-order valence-electron chi connectivity index (χ2n) is 7.23. The van der Waals surface area contributed by atoms with Crippen LogP contribution in [0.5, 0.6) is 0 Å². The van der Waals surface area contributed by atoms with Crippen LogP contribution in [0.3, 0.4) is 0 Å². The summed E-state index contributed by atoms with van der Waals surface area (Å²) in [7, 11) is 1.68. The number of hydrogen-bond donors (Lipinski definition) is 1. The minimum atomic E-state index is -0.259. The van der Waals surface area contributed by atoms with E-state index in [4.69, 9.17) is 4.52 Å². The van der Waals surface area contributed by atoms with Crippen molar-refractivity contribution in [2.45, 2.75) is 39.3 Å². The fraction of sp³-hybridized carbons (Fsp3) is 0.421. The Labute approximate surface area is 162 Å². The van der Waals surface area contributed by atoms with E-state index in [1.807, 2.05) is 23.7 Å². The van der Waals surface area contributed by atoms with Gasteiger partial charge in [0.2, 0.25) is 11.7 Å². The second-order valence-corrected chi connectivity index (χ2v) is 7.23. The highest BCUT2D eigenvalue weighted by molar-refractivity contribution is 5.88. The number of urea groups is 1. The zero-order chi connectivity index (χ0) is 19.7. The number of carbonyl (C=O) groups is 1. The number of nitrogens with one attached hydrogen (secondary N) is 1. The first-order valence-corrected chi connectivity index (χ1v) is 9.32. The van der Waals surface area contributed by atoms with Crippen LogP contribution in [0.15, 0.2) is 35.1 Å². The smallest absolute Gasteiger partial charge is 0.323 e. The predicted molar refractivity (Wildman–Crippen MR) is 102 cm³/mol. The zero-order valence-corrected chi connectivity index (χ0v) is 16.2. The molecule has 9 heteroatoms. The van der Waals surface area contributed by atoms with Gasteiger partial charge >= 0.3 is 6.03 Å². The maximum Gasteiger partial charge on any atom is 0.323 e. The third-order valence-electron chi connectivity index (χ3n) is 4.89. The Kier molecular flexibility index (Phi) is 4.81. The zero-order valence-electron chi connectivity index (χ0n) is 16.2. The number of carbonyl (C=O) groups excluding carboxylic acids is 1. The number of hydrogen-bond acceptors (Lipinski definition) is 6. The van der Waals surface area contributed by atoms with Gasteiger partial charge in [-0.05, 0) is 44.7 Å². The highest BCUT2D eigenvalue weighted by Gasteiger charge is 2.31. The molecule has 0 spiro atoms. The van der Waals surface area contributed by atoms with Crippen LogP contribution < -0.4 is 5.32 Å². The van der Waals surface area contributed by atoms with Crippen molar-refractivity contribution in [3.05, 3.63) is 42.2 Å². The summed E-state index contributed by atoms with van der Waals surface area (Å²) in [5.41, 5.74) is 1.64. The molecule has 1 fully saturated rings. The van der Waals surface area contributed by atoms with Gasteiger partial charge in [0.25, 0.3) is 0 Å². The van der Waals surface area contributed by atoms with E-state index in [-0.39, 0.29) is 18.6 Å². The highest BCUT2D eigenvalue weighted by Crippen LogP contribution is 2.40. The molecule has 3 aromatic heterocycles. The lowest BCUT2D eigenvalue weighted by molar-refractivity contribution is 0.212. The molecule has 3 heterocycles.